The molecule has 0 aromatic rings. The molecule has 4 aliphatic carbocycles. The summed E-state index contributed by atoms with van der Waals surface area (Å²) in [5.41, 5.74) is -4.29. The monoisotopic (exact) mass is 712 g/mol. The lowest BCUT2D eigenvalue weighted by Crippen LogP contribution is -2.76. The standard InChI is InChI=1S/C36H56O14/c1-18-30(50-31-29(41)28(40)27(39)23(16-37)49-31)22(45-4)14-26(47-18)48-20-5-8-33(3)24-7-9-32(2)21(19-13-25(38)46-17-19)6-10-36(32,44)35(24,43)12-11-34(33,42)15-20/h13,18,20-24,26-31,37,39-44H,5-12,14-17H2,1-4H3/t18-,20+,21-,22+,23-,24?,26+,27-,28+,29-,30-,31+,32-,33-,34+,35+,36-/m1/s1. The predicted octanol–water partition coefficient (Wildman–Crippen LogP) is 0.193. The molecule has 0 radical (unpaired) electrons. The summed E-state index contributed by atoms with van der Waals surface area (Å²) in [6.07, 6.45) is -3.64. The molecule has 14 heteroatoms. The van der Waals surface area contributed by atoms with Crippen LogP contribution in [0.2, 0.25) is 0 Å². The van der Waals surface area contributed by atoms with E-state index in [1.807, 2.05) is 6.92 Å². The Bertz CT molecular complexity index is 1330. The van der Waals surface area contributed by atoms with Crippen molar-refractivity contribution in [2.45, 2.75) is 163 Å². The third-order valence-corrected chi connectivity index (χ3v) is 14.6. The molecular formula is C36H56O14. The molecule has 0 spiro atoms. The van der Waals surface area contributed by atoms with Crippen LogP contribution in [0.1, 0.15) is 85.0 Å². The minimum absolute atomic E-state index is 0.0577. The highest BCUT2D eigenvalue weighted by Crippen LogP contribution is 2.72. The summed E-state index contributed by atoms with van der Waals surface area (Å²) in [5.74, 6) is -0.739. The Morgan fingerprint density at radius 1 is 0.900 bits per heavy atom. The fourth-order valence-electron chi connectivity index (χ4n) is 11.6. The van der Waals surface area contributed by atoms with E-state index in [1.165, 1.54) is 7.11 Å². The predicted molar refractivity (Wildman–Crippen MR) is 172 cm³/mol. The zero-order valence-electron chi connectivity index (χ0n) is 29.5. The first-order valence-electron chi connectivity index (χ1n) is 18.4. The Morgan fingerprint density at radius 3 is 2.32 bits per heavy atom. The summed E-state index contributed by atoms with van der Waals surface area (Å²) >= 11 is 0. The van der Waals surface area contributed by atoms with E-state index in [9.17, 15) is 40.5 Å². The molecule has 3 heterocycles. The third-order valence-electron chi connectivity index (χ3n) is 14.6. The van der Waals surface area contributed by atoms with E-state index in [2.05, 4.69) is 6.92 Å². The number of hydrogen-bond donors (Lipinski definition) is 7. The summed E-state index contributed by atoms with van der Waals surface area (Å²) in [5, 5.41) is 78.0. The molecule has 6 fully saturated rings. The molecule has 7 aliphatic rings. The molecule has 7 rings (SSSR count). The van der Waals surface area contributed by atoms with Crippen LogP contribution in [0.25, 0.3) is 0 Å². The van der Waals surface area contributed by atoms with Gasteiger partial charge in [-0.15, -0.1) is 0 Å². The molecule has 3 aliphatic heterocycles. The first-order chi connectivity index (χ1) is 23.5. The molecule has 1 unspecified atom stereocenters. The molecule has 0 amide bonds. The fraction of sp³-hybridized carbons (Fsp3) is 0.917. The molecule has 0 aromatic heterocycles. The van der Waals surface area contributed by atoms with Crippen molar-refractivity contribution in [2.24, 2.45) is 22.7 Å². The number of carbonyl (C=O) groups excluding carboxylic acids is 1. The maximum Gasteiger partial charge on any atom is 0.331 e. The van der Waals surface area contributed by atoms with Crippen molar-refractivity contribution in [2.75, 3.05) is 20.3 Å². The normalized spacial score (nSPS) is 55.1. The van der Waals surface area contributed by atoms with Crippen LogP contribution >= 0.6 is 0 Å². The average Bonchev–Trinajstić information content (AvgIpc) is 3.63. The maximum absolute atomic E-state index is 12.6. The number of rotatable bonds is 7. The Balaban J connectivity index is 1.01. The van der Waals surface area contributed by atoms with E-state index >= 15 is 0 Å². The number of cyclic esters (lactones) is 1. The van der Waals surface area contributed by atoms with Crippen LogP contribution in [-0.2, 0) is 33.2 Å². The topological polar surface area (TPSA) is 214 Å². The highest BCUT2D eigenvalue weighted by atomic mass is 16.7. The van der Waals surface area contributed by atoms with Crippen molar-refractivity contribution in [1.82, 2.24) is 0 Å². The summed E-state index contributed by atoms with van der Waals surface area (Å²) in [4.78, 5) is 11.9. The zero-order valence-corrected chi connectivity index (χ0v) is 29.5. The van der Waals surface area contributed by atoms with Gasteiger partial charge in [-0.2, -0.15) is 0 Å². The molecule has 2 saturated heterocycles. The van der Waals surface area contributed by atoms with Crippen LogP contribution in [0.3, 0.4) is 0 Å². The molecule has 0 bridgehead atoms. The Morgan fingerprint density at radius 2 is 1.64 bits per heavy atom. The smallest absolute Gasteiger partial charge is 0.331 e. The summed E-state index contributed by atoms with van der Waals surface area (Å²) in [7, 11) is 1.52. The summed E-state index contributed by atoms with van der Waals surface area (Å²) in [6, 6.07) is 0. The number of aliphatic hydroxyl groups is 7. The highest BCUT2D eigenvalue weighted by molar-refractivity contribution is 5.85. The van der Waals surface area contributed by atoms with Crippen molar-refractivity contribution in [1.29, 1.82) is 0 Å². The minimum atomic E-state index is -1.57. The average molecular weight is 713 g/mol. The number of methoxy groups -OCH3 is 1. The van der Waals surface area contributed by atoms with Gasteiger partial charge in [0.1, 0.15) is 37.1 Å². The van der Waals surface area contributed by atoms with E-state index < -0.39 is 89.5 Å². The first-order valence-corrected chi connectivity index (χ1v) is 18.4. The van der Waals surface area contributed by atoms with Gasteiger partial charge in [0, 0.05) is 36.9 Å². The second-order valence-electron chi connectivity index (χ2n) is 16.7. The number of ether oxygens (including phenoxy) is 6. The maximum atomic E-state index is 12.6. The SMILES string of the molecule is CO[C@H]1C[C@H](O[C@H]2CC[C@]3(C)C4CC[C@]5(C)[C@@H](C6=CC(=O)OC6)CC[C@]5(O)[C@]4(O)CC[C@]3(O)C2)O[C@H](C)[C@H]1O[C@@H]1O[C@H](CO)[C@@H](O)[C@H](O)[C@H]1O. The van der Waals surface area contributed by atoms with Crippen molar-refractivity contribution in [3.8, 4) is 0 Å². The van der Waals surface area contributed by atoms with Crippen LogP contribution < -0.4 is 0 Å². The molecule has 0 aromatic carbocycles. The van der Waals surface area contributed by atoms with Crippen LogP contribution in [0, 0.1) is 22.7 Å². The van der Waals surface area contributed by atoms with Crippen LogP contribution in [0.15, 0.2) is 11.6 Å². The van der Waals surface area contributed by atoms with Crippen LogP contribution in [0.4, 0.5) is 0 Å². The zero-order chi connectivity index (χ0) is 36.0. The van der Waals surface area contributed by atoms with Crippen LogP contribution in [0.5, 0.6) is 0 Å². The van der Waals surface area contributed by atoms with E-state index in [0.29, 0.717) is 51.4 Å². The van der Waals surface area contributed by atoms with Crippen molar-refractivity contribution in [3.05, 3.63) is 11.6 Å². The van der Waals surface area contributed by atoms with E-state index in [0.717, 1.165) is 5.57 Å². The lowest BCUT2D eigenvalue weighted by molar-refractivity contribution is -0.350. The van der Waals surface area contributed by atoms with Gasteiger partial charge in [-0.1, -0.05) is 13.8 Å². The Hall–Kier alpha value is -1.27. The van der Waals surface area contributed by atoms with Crippen molar-refractivity contribution in [3.63, 3.8) is 0 Å². The quantitative estimate of drug-likeness (QED) is 0.139. The van der Waals surface area contributed by atoms with Gasteiger partial charge in [-0.05, 0) is 75.7 Å². The molecule has 284 valence electrons. The van der Waals surface area contributed by atoms with Crippen molar-refractivity contribution >= 4 is 5.97 Å². The van der Waals surface area contributed by atoms with Gasteiger partial charge in [-0.3, -0.25) is 0 Å². The lowest BCUT2D eigenvalue weighted by Gasteiger charge is -2.69. The molecular weight excluding hydrogens is 656 g/mol. The summed E-state index contributed by atoms with van der Waals surface area (Å²) < 4.78 is 35.3. The van der Waals surface area contributed by atoms with Gasteiger partial charge in [0.2, 0.25) is 0 Å². The van der Waals surface area contributed by atoms with E-state index in [4.69, 9.17) is 28.4 Å². The molecule has 50 heavy (non-hydrogen) atoms. The molecule has 7 N–H and O–H groups in total. The largest absolute Gasteiger partial charge is 0.458 e. The number of esters is 1. The van der Waals surface area contributed by atoms with Gasteiger partial charge in [0.15, 0.2) is 12.6 Å². The van der Waals surface area contributed by atoms with Gasteiger partial charge in [0.05, 0.1) is 41.7 Å². The van der Waals surface area contributed by atoms with Gasteiger partial charge in [0.25, 0.3) is 0 Å². The Kier molecular flexibility index (Phi) is 9.60. The minimum Gasteiger partial charge on any atom is -0.458 e. The van der Waals surface area contributed by atoms with E-state index in [1.54, 1.807) is 13.0 Å². The molecule has 4 saturated carbocycles. The summed E-state index contributed by atoms with van der Waals surface area (Å²) in [6.45, 7) is 5.54. The van der Waals surface area contributed by atoms with Gasteiger partial charge < -0.3 is 64.2 Å². The van der Waals surface area contributed by atoms with Crippen molar-refractivity contribution < 1.29 is 69.0 Å². The Labute approximate surface area is 292 Å². The highest BCUT2D eigenvalue weighted by Gasteiger charge is 2.76. The number of fused-ring (bicyclic) bond motifs is 5. The fourth-order valence-corrected chi connectivity index (χ4v) is 11.6. The molecule has 17 atom stereocenters. The van der Waals surface area contributed by atoms with E-state index in [-0.39, 0.29) is 43.4 Å². The number of carbonyl (C=O) groups is 1. The number of aliphatic hydroxyl groups excluding tert-OH is 4. The van der Waals surface area contributed by atoms with Gasteiger partial charge >= 0.3 is 5.97 Å². The van der Waals surface area contributed by atoms with Crippen LogP contribution in [-0.4, -0.2) is 140 Å². The second kappa shape index (κ2) is 12.9. The first kappa shape index (κ1) is 37.1. The second-order valence-corrected chi connectivity index (χ2v) is 16.7. The van der Waals surface area contributed by atoms with Gasteiger partial charge in [-0.25, -0.2) is 4.79 Å². The number of hydrogen-bond acceptors (Lipinski definition) is 14. The lowest BCUT2D eigenvalue weighted by atomic mass is 9.40. The molecule has 14 nitrogen and oxygen atoms in total. The third kappa shape index (κ3) is 5.38.